The van der Waals surface area contributed by atoms with Crippen LogP contribution in [0.3, 0.4) is 0 Å². The van der Waals surface area contributed by atoms with Crippen LogP contribution in [0.2, 0.25) is 0 Å². The number of nitrogens with zero attached hydrogens (tertiary/aromatic N) is 1. The zero-order chi connectivity index (χ0) is 56.6. The first kappa shape index (κ1) is 55.0. The molecule has 15 atom stereocenters. The molecule has 3 aliphatic heterocycles. The molecule has 0 radical (unpaired) electrons. The minimum absolute atomic E-state index is 0.0865. The first-order valence-electron chi connectivity index (χ1n) is 31.9. The van der Waals surface area contributed by atoms with E-state index in [0.717, 1.165) is 82.1 Å². The minimum atomic E-state index is -1.06. The number of carbonyl (C=O) groups is 3. The van der Waals surface area contributed by atoms with Crippen molar-refractivity contribution in [2.45, 2.75) is 230 Å². The SMILES string of the molecule is CNCCC1(C)C(=O)CC2(CCC(O)C2)C2(C)C1CCC13CC#CCC4Cc5c[nH]c6c(C7C(=O)CCc8c7cc(C7CCCCC7)cc8C7(O)CCOCC7)cn(c56)CC(C5=C(C(=O)CC51C)C4(C)CC(O)C1OC1(C)C)C(O)C32. The van der Waals surface area contributed by atoms with Crippen molar-refractivity contribution in [2.75, 3.05) is 26.8 Å². The van der Waals surface area contributed by atoms with E-state index in [9.17, 15) is 20.4 Å². The number of carbonyl (C=O) groups excluding carboxylic acids is 3. The van der Waals surface area contributed by atoms with Crippen LogP contribution in [0.1, 0.15) is 209 Å². The van der Waals surface area contributed by atoms with Crippen LogP contribution >= 0.6 is 0 Å². The van der Waals surface area contributed by atoms with E-state index in [1.165, 1.54) is 12.0 Å². The molecule has 12 nitrogen and oxygen atoms in total. The summed E-state index contributed by atoms with van der Waals surface area (Å²) in [6, 6.07) is 4.66. The molecule has 11 aliphatic rings. The molecule has 8 aliphatic carbocycles. The summed E-state index contributed by atoms with van der Waals surface area (Å²) in [6.45, 7) is 15.3. The van der Waals surface area contributed by atoms with Crippen molar-refractivity contribution in [3.63, 3.8) is 0 Å². The van der Waals surface area contributed by atoms with E-state index in [1.807, 2.05) is 20.9 Å². The zero-order valence-corrected chi connectivity index (χ0v) is 49.5. The maximum atomic E-state index is 16.2. The number of Topliss-reactive ketones (excluding diaryl/α,β-unsaturated/α-hetero) is 3. The quantitative estimate of drug-likeness (QED) is 0.0890. The van der Waals surface area contributed by atoms with E-state index >= 15 is 14.4 Å². The summed E-state index contributed by atoms with van der Waals surface area (Å²) in [7, 11) is 1.95. The summed E-state index contributed by atoms with van der Waals surface area (Å²) < 4.78 is 14.4. The summed E-state index contributed by atoms with van der Waals surface area (Å²) in [4.78, 5) is 50.4. The van der Waals surface area contributed by atoms with Gasteiger partial charge in [-0.15, -0.1) is 11.8 Å². The molecule has 14 rings (SSSR count). The minimum Gasteiger partial charge on any atom is -0.393 e. The van der Waals surface area contributed by atoms with Gasteiger partial charge in [0.1, 0.15) is 17.7 Å². The predicted octanol–water partition coefficient (Wildman–Crippen LogP) is 9.97. The Bertz CT molecular complexity index is 3220. The number of rotatable bonds is 9. The van der Waals surface area contributed by atoms with E-state index in [1.54, 1.807) is 0 Å². The lowest BCUT2D eigenvalue weighted by Gasteiger charge is -2.74. The van der Waals surface area contributed by atoms with Gasteiger partial charge in [0.25, 0.3) is 0 Å². The fourth-order valence-electron chi connectivity index (χ4n) is 21.9. The van der Waals surface area contributed by atoms with E-state index in [0.29, 0.717) is 122 Å². The van der Waals surface area contributed by atoms with Crippen molar-refractivity contribution in [3.8, 4) is 11.8 Å². The fourth-order valence-corrected chi connectivity index (χ4v) is 21.9. The molecule has 2 saturated heterocycles. The summed E-state index contributed by atoms with van der Waals surface area (Å²) in [5.74, 6) is 6.72. The Morgan fingerprint density at radius 2 is 1.67 bits per heavy atom. The molecule has 12 heteroatoms. The molecule has 81 heavy (non-hydrogen) atoms. The molecule has 1 aromatic carbocycles. The lowest BCUT2D eigenvalue weighted by atomic mass is 9.29. The third kappa shape index (κ3) is 7.62. The highest BCUT2D eigenvalue weighted by atomic mass is 16.6. The van der Waals surface area contributed by atoms with Gasteiger partial charge in [-0.05, 0) is 171 Å². The molecule has 5 saturated carbocycles. The smallest absolute Gasteiger partial charge is 0.160 e. The molecule has 2 aromatic heterocycles. The van der Waals surface area contributed by atoms with E-state index in [-0.39, 0.29) is 47.6 Å². The standard InChI is InChI=1S/C69H91N3O9/c1-62(2)61(81-62)51(76)33-64(4)42-15-11-12-20-68-22-19-52-63(3,23-26-70-7)53(77)35-67(21-18-43(73)32-67)66(52,6)60(68)59(78)47(55-56(64)50(75)34-65(55,68)5)38-72-37-46(57-58(72)41(29-42)36-71-57)54-45-30-40(39-13-9-8-10-14-39)31-48(44(45)16-17-49(54)74)69(79)24-27-80-28-25-69/h30-31,36-37,39,42-43,47,51-52,54,59-61,70-71,73,76,78-79H,8-10,13-29,32-35,38H2,1-7H3. The number of hydrogen-bond acceptors (Lipinski definition) is 10. The number of epoxide rings is 1. The second kappa shape index (κ2) is 18.8. The second-order valence-corrected chi connectivity index (χ2v) is 30.1. The van der Waals surface area contributed by atoms with E-state index in [2.05, 4.69) is 78.9 Å². The van der Waals surface area contributed by atoms with Crippen LogP contribution < -0.4 is 5.32 Å². The van der Waals surface area contributed by atoms with Crippen molar-refractivity contribution in [1.29, 1.82) is 0 Å². The van der Waals surface area contributed by atoms with Crippen LogP contribution in [0.25, 0.3) is 11.0 Å². The number of aromatic amines is 1. The van der Waals surface area contributed by atoms with Gasteiger partial charge in [0.15, 0.2) is 5.78 Å². The van der Waals surface area contributed by atoms with Gasteiger partial charge < -0.3 is 44.8 Å². The van der Waals surface area contributed by atoms with Gasteiger partial charge >= 0.3 is 0 Å². The lowest BCUT2D eigenvalue weighted by Crippen LogP contribution is -2.73. The Morgan fingerprint density at radius 3 is 2.38 bits per heavy atom. The highest BCUT2D eigenvalue weighted by Crippen LogP contribution is 2.81. The molecule has 7 fully saturated rings. The van der Waals surface area contributed by atoms with Crippen molar-refractivity contribution < 1.29 is 44.3 Å². The maximum absolute atomic E-state index is 16.2. The Balaban J connectivity index is 1.00. The molecular formula is C69H91N3O9. The van der Waals surface area contributed by atoms with Gasteiger partial charge in [-0.1, -0.05) is 59.1 Å². The molecule has 2 spiro atoms. The normalized spacial score (nSPS) is 41.7. The first-order valence-corrected chi connectivity index (χ1v) is 31.9. The molecular weight excluding hydrogens is 1010 g/mol. The third-order valence-electron chi connectivity index (χ3n) is 26.1. The fraction of sp³-hybridized carbons (Fsp3) is 0.725. The Kier molecular flexibility index (Phi) is 12.7. The number of H-pyrrole nitrogens is 1. The molecule has 15 unspecified atom stereocenters. The van der Waals surface area contributed by atoms with Crippen molar-refractivity contribution in [2.24, 2.45) is 56.2 Å². The molecule has 436 valence electrons. The largest absolute Gasteiger partial charge is 0.393 e. The summed E-state index contributed by atoms with van der Waals surface area (Å²) in [5, 5.41) is 55.0. The second-order valence-electron chi connectivity index (χ2n) is 30.1. The number of ether oxygens (including phenoxy) is 2. The van der Waals surface area contributed by atoms with Crippen LogP contribution in [0.5, 0.6) is 0 Å². The molecule has 5 bridgehead atoms. The monoisotopic (exact) mass is 1110 g/mol. The number of fused-ring (bicyclic) bond motifs is 5. The molecule has 5 heterocycles. The van der Waals surface area contributed by atoms with Crippen LogP contribution in [0.4, 0.5) is 0 Å². The van der Waals surface area contributed by atoms with Crippen LogP contribution in [-0.4, -0.2) is 104 Å². The average molecular weight is 1110 g/mol. The lowest BCUT2D eigenvalue weighted by molar-refractivity contribution is -0.266. The number of aliphatic hydroxyl groups is 4. The van der Waals surface area contributed by atoms with Gasteiger partial charge in [0.05, 0.1) is 46.5 Å². The van der Waals surface area contributed by atoms with Crippen LogP contribution in [0, 0.1) is 68.0 Å². The number of aliphatic hydroxyl groups excluding tert-OH is 3. The number of benzene rings is 1. The Labute approximate surface area is 479 Å². The summed E-state index contributed by atoms with van der Waals surface area (Å²) in [5.41, 5.74) is 4.30. The topological polar surface area (TPSA) is 187 Å². The number of allylic oxidation sites excluding steroid dienone is 1. The van der Waals surface area contributed by atoms with Gasteiger partial charge in [-0.3, -0.25) is 14.4 Å². The number of nitrogens with one attached hydrogen (secondary N) is 2. The predicted molar refractivity (Wildman–Crippen MR) is 309 cm³/mol. The maximum Gasteiger partial charge on any atom is 0.160 e. The van der Waals surface area contributed by atoms with Gasteiger partial charge in [-0.25, -0.2) is 0 Å². The first-order chi connectivity index (χ1) is 38.6. The Hall–Kier alpha value is -3.93. The number of ketones is 3. The third-order valence-corrected chi connectivity index (χ3v) is 26.1. The number of hydrogen-bond donors (Lipinski definition) is 6. The molecule has 3 aromatic rings. The van der Waals surface area contributed by atoms with E-state index < -0.39 is 73.8 Å². The van der Waals surface area contributed by atoms with Gasteiger partial charge in [-0.2, -0.15) is 0 Å². The van der Waals surface area contributed by atoms with Crippen LogP contribution in [-0.2, 0) is 48.8 Å². The van der Waals surface area contributed by atoms with Crippen molar-refractivity contribution >= 4 is 28.4 Å². The van der Waals surface area contributed by atoms with Crippen LogP contribution in [0.15, 0.2) is 35.7 Å². The molecule has 6 N–H and O–H groups in total. The Morgan fingerprint density at radius 1 is 0.901 bits per heavy atom. The highest BCUT2D eigenvalue weighted by Gasteiger charge is 2.79. The summed E-state index contributed by atoms with van der Waals surface area (Å²) in [6.07, 6.45) is 15.7. The average Bonchev–Trinajstić information content (AvgIpc) is 1.93. The highest BCUT2D eigenvalue weighted by molar-refractivity contribution is 6.02. The van der Waals surface area contributed by atoms with Gasteiger partial charge in [0.2, 0.25) is 0 Å². The molecule has 0 amide bonds. The van der Waals surface area contributed by atoms with Gasteiger partial charge in [0, 0.05) is 110 Å². The zero-order valence-electron chi connectivity index (χ0n) is 49.5. The van der Waals surface area contributed by atoms with Crippen molar-refractivity contribution in [1.82, 2.24) is 14.9 Å². The van der Waals surface area contributed by atoms with Crippen molar-refractivity contribution in [3.05, 3.63) is 69.1 Å². The number of aromatic nitrogens is 2. The summed E-state index contributed by atoms with van der Waals surface area (Å²) >= 11 is 0. The van der Waals surface area contributed by atoms with E-state index in [4.69, 9.17) is 9.47 Å².